The summed E-state index contributed by atoms with van der Waals surface area (Å²) in [5.74, 6) is 0. The first-order valence-corrected chi connectivity index (χ1v) is 6.90. The third-order valence-corrected chi connectivity index (χ3v) is 3.33. The number of methoxy groups -OCH3 is 1. The van der Waals surface area contributed by atoms with E-state index < -0.39 is 0 Å². The number of likely N-dealkylation sites (N-methyl/N-ethyl adjacent to an activating group) is 1. The van der Waals surface area contributed by atoms with E-state index in [0.29, 0.717) is 6.04 Å². The molecule has 0 saturated heterocycles. The molecule has 0 fully saturated rings. The van der Waals surface area contributed by atoms with E-state index in [0.717, 1.165) is 26.2 Å². The second-order valence-electron chi connectivity index (χ2n) is 4.92. The van der Waals surface area contributed by atoms with Crippen molar-refractivity contribution in [2.75, 3.05) is 40.4 Å². The highest BCUT2D eigenvalue weighted by atomic mass is 16.5. The maximum atomic E-state index is 5.07. The summed E-state index contributed by atoms with van der Waals surface area (Å²) in [4.78, 5) is 2.31. The van der Waals surface area contributed by atoms with Gasteiger partial charge in [-0.15, -0.1) is 0 Å². The van der Waals surface area contributed by atoms with Crippen molar-refractivity contribution in [3.8, 4) is 0 Å². The van der Waals surface area contributed by atoms with Crippen LogP contribution in [-0.4, -0.2) is 51.3 Å². The smallest absolute Gasteiger partial charge is 0.0589 e. The zero-order chi connectivity index (χ0) is 12.3. The summed E-state index contributed by atoms with van der Waals surface area (Å²) in [7, 11) is 3.90. The lowest BCUT2D eigenvalue weighted by Crippen LogP contribution is -2.36. The Bertz CT molecular complexity index is 206. The van der Waals surface area contributed by atoms with E-state index >= 15 is 0 Å². The molecule has 0 heterocycles. The van der Waals surface area contributed by atoms with Crippen LogP contribution in [0.25, 0.3) is 0 Å². The molecule has 0 spiro atoms. The minimum atomic E-state index is 0.589. The summed E-state index contributed by atoms with van der Waals surface area (Å²) < 4.78 is 5.07. The van der Waals surface area contributed by atoms with Gasteiger partial charge in [-0.2, -0.15) is 0 Å². The van der Waals surface area contributed by atoms with Crippen LogP contribution in [-0.2, 0) is 4.74 Å². The van der Waals surface area contributed by atoms with Crippen LogP contribution in [0.4, 0.5) is 0 Å². The molecule has 3 nitrogen and oxygen atoms in total. The molecule has 0 bridgehead atoms. The SMILES string of the molecule is COCCN(C)CCNC1/C=C/CCCCC1. The molecule has 0 aromatic rings. The van der Waals surface area contributed by atoms with Crippen molar-refractivity contribution in [3.63, 3.8) is 0 Å². The predicted molar refractivity (Wildman–Crippen MR) is 73.4 cm³/mol. The molecular formula is C14H28N2O. The summed E-state index contributed by atoms with van der Waals surface area (Å²) in [5, 5.41) is 3.63. The Kier molecular flexibility index (Phi) is 8.32. The molecule has 1 aliphatic carbocycles. The number of hydrogen-bond acceptors (Lipinski definition) is 3. The predicted octanol–water partition coefficient (Wildman–Crippen LogP) is 2.04. The lowest BCUT2D eigenvalue weighted by molar-refractivity contribution is 0.161. The van der Waals surface area contributed by atoms with Gasteiger partial charge in [-0.3, -0.25) is 0 Å². The first-order chi connectivity index (χ1) is 8.33. The van der Waals surface area contributed by atoms with Gasteiger partial charge in [0.2, 0.25) is 0 Å². The third-order valence-electron chi connectivity index (χ3n) is 3.33. The minimum absolute atomic E-state index is 0.589. The number of allylic oxidation sites excluding steroid dienone is 1. The van der Waals surface area contributed by atoms with Gasteiger partial charge in [0.15, 0.2) is 0 Å². The molecule has 100 valence electrons. The van der Waals surface area contributed by atoms with Gasteiger partial charge < -0.3 is 15.0 Å². The fraction of sp³-hybridized carbons (Fsp3) is 0.857. The second-order valence-corrected chi connectivity index (χ2v) is 4.92. The van der Waals surface area contributed by atoms with E-state index in [1.54, 1.807) is 7.11 Å². The fourth-order valence-electron chi connectivity index (χ4n) is 2.13. The molecule has 17 heavy (non-hydrogen) atoms. The molecule has 1 N–H and O–H groups in total. The van der Waals surface area contributed by atoms with E-state index in [4.69, 9.17) is 4.74 Å². The lowest BCUT2D eigenvalue weighted by atomic mass is 10.0. The van der Waals surface area contributed by atoms with Crippen LogP contribution in [0.15, 0.2) is 12.2 Å². The van der Waals surface area contributed by atoms with Gasteiger partial charge in [0, 0.05) is 32.8 Å². The third kappa shape index (κ3) is 7.53. The van der Waals surface area contributed by atoms with Crippen molar-refractivity contribution in [1.29, 1.82) is 0 Å². The summed E-state index contributed by atoms with van der Waals surface area (Å²) in [6.45, 7) is 3.99. The zero-order valence-electron chi connectivity index (χ0n) is 11.5. The summed E-state index contributed by atoms with van der Waals surface area (Å²) >= 11 is 0. The van der Waals surface area contributed by atoms with Crippen LogP contribution in [0.2, 0.25) is 0 Å². The molecule has 0 saturated carbocycles. The number of ether oxygens (including phenoxy) is 1. The molecule has 0 aromatic heterocycles. The van der Waals surface area contributed by atoms with Crippen LogP contribution in [0.1, 0.15) is 32.1 Å². The Morgan fingerprint density at radius 2 is 2.18 bits per heavy atom. The highest BCUT2D eigenvalue weighted by Crippen LogP contribution is 2.11. The van der Waals surface area contributed by atoms with Crippen LogP contribution in [0.5, 0.6) is 0 Å². The lowest BCUT2D eigenvalue weighted by Gasteiger charge is -2.20. The Balaban J connectivity index is 2.09. The van der Waals surface area contributed by atoms with Crippen LogP contribution >= 0.6 is 0 Å². The van der Waals surface area contributed by atoms with Gasteiger partial charge in [-0.05, 0) is 26.3 Å². The van der Waals surface area contributed by atoms with Crippen molar-refractivity contribution < 1.29 is 4.74 Å². The molecule has 3 heteroatoms. The first-order valence-electron chi connectivity index (χ1n) is 6.90. The normalized spacial score (nSPS) is 23.4. The van der Waals surface area contributed by atoms with Gasteiger partial charge in [0.05, 0.1) is 6.61 Å². The highest BCUT2D eigenvalue weighted by Gasteiger charge is 2.06. The zero-order valence-corrected chi connectivity index (χ0v) is 11.5. The molecule has 1 aliphatic rings. The maximum Gasteiger partial charge on any atom is 0.0589 e. The van der Waals surface area contributed by atoms with Gasteiger partial charge in [-0.1, -0.05) is 25.0 Å². The molecule has 0 radical (unpaired) electrons. The second kappa shape index (κ2) is 9.63. The standard InChI is InChI=1S/C14H28N2O/c1-16(12-13-17-2)11-10-15-14-8-6-4-3-5-7-9-14/h6,8,14-15H,3-5,7,9-13H2,1-2H3/b8-6+. The molecule has 1 atom stereocenters. The van der Waals surface area contributed by atoms with Crippen molar-refractivity contribution in [2.45, 2.75) is 38.1 Å². The molecule has 0 aliphatic heterocycles. The average Bonchev–Trinajstić information content (AvgIpc) is 2.29. The average molecular weight is 240 g/mol. The van der Waals surface area contributed by atoms with Crippen LogP contribution < -0.4 is 5.32 Å². The minimum Gasteiger partial charge on any atom is -0.383 e. The Labute approximate surface area is 106 Å². The van der Waals surface area contributed by atoms with Crippen LogP contribution in [0.3, 0.4) is 0 Å². The van der Waals surface area contributed by atoms with E-state index in [9.17, 15) is 0 Å². The van der Waals surface area contributed by atoms with Gasteiger partial charge >= 0.3 is 0 Å². The Morgan fingerprint density at radius 3 is 3.00 bits per heavy atom. The van der Waals surface area contributed by atoms with Crippen molar-refractivity contribution >= 4 is 0 Å². The van der Waals surface area contributed by atoms with E-state index in [1.165, 1.54) is 32.1 Å². The fourth-order valence-corrected chi connectivity index (χ4v) is 2.13. The molecule has 1 unspecified atom stereocenters. The largest absolute Gasteiger partial charge is 0.383 e. The number of nitrogens with zero attached hydrogens (tertiary/aromatic N) is 1. The van der Waals surface area contributed by atoms with E-state index in [-0.39, 0.29) is 0 Å². The Morgan fingerprint density at radius 1 is 1.29 bits per heavy atom. The number of nitrogens with one attached hydrogen (secondary N) is 1. The van der Waals surface area contributed by atoms with Crippen molar-refractivity contribution in [2.24, 2.45) is 0 Å². The van der Waals surface area contributed by atoms with Crippen LogP contribution in [0, 0.1) is 0 Å². The molecular weight excluding hydrogens is 212 g/mol. The topological polar surface area (TPSA) is 24.5 Å². The first kappa shape index (κ1) is 14.7. The van der Waals surface area contributed by atoms with E-state index in [1.807, 2.05) is 0 Å². The van der Waals surface area contributed by atoms with Gasteiger partial charge in [0.1, 0.15) is 0 Å². The summed E-state index contributed by atoms with van der Waals surface area (Å²) in [6.07, 6.45) is 11.4. The maximum absolute atomic E-state index is 5.07. The molecule has 1 rings (SSSR count). The monoisotopic (exact) mass is 240 g/mol. The molecule has 0 aromatic carbocycles. The highest BCUT2D eigenvalue weighted by molar-refractivity contribution is 4.94. The number of rotatable bonds is 7. The quantitative estimate of drug-likeness (QED) is 0.689. The van der Waals surface area contributed by atoms with Gasteiger partial charge in [-0.25, -0.2) is 0 Å². The Hall–Kier alpha value is -0.380. The van der Waals surface area contributed by atoms with E-state index in [2.05, 4.69) is 29.4 Å². The summed E-state index contributed by atoms with van der Waals surface area (Å²) in [6, 6.07) is 0.589. The van der Waals surface area contributed by atoms with Crippen molar-refractivity contribution in [1.82, 2.24) is 10.2 Å². The number of hydrogen-bond donors (Lipinski definition) is 1. The summed E-state index contributed by atoms with van der Waals surface area (Å²) in [5.41, 5.74) is 0. The van der Waals surface area contributed by atoms with Crippen molar-refractivity contribution in [3.05, 3.63) is 12.2 Å². The molecule has 0 amide bonds. The van der Waals surface area contributed by atoms with Gasteiger partial charge in [0.25, 0.3) is 0 Å².